The van der Waals surface area contributed by atoms with E-state index in [2.05, 4.69) is 16.5 Å². The summed E-state index contributed by atoms with van der Waals surface area (Å²) < 4.78 is 0. The van der Waals surface area contributed by atoms with E-state index < -0.39 is 0 Å². The second kappa shape index (κ2) is 3.20. The first kappa shape index (κ1) is 8.85. The zero-order valence-electron chi connectivity index (χ0n) is 7.61. The van der Waals surface area contributed by atoms with Gasteiger partial charge in [0.2, 0.25) is 0 Å². The van der Waals surface area contributed by atoms with Crippen LogP contribution in [0.3, 0.4) is 0 Å². The SMILES string of the molecule is C=C(C)c1nc2ccc(C#N)nc2s1. The number of hydrogen-bond acceptors (Lipinski definition) is 4. The lowest BCUT2D eigenvalue weighted by atomic mass is 10.3. The fraction of sp³-hybridized carbons (Fsp3) is 0.100. The van der Waals surface area contributed by atoms with E-state index in [0.29, 0.717) is 5.69 Å². The molecule has 0 aliphatic rings. The van der Waals surface area contributed by atoms with Gasteiger partial charge in [0, 0.05) is 0 Å². The van der Waals surface area contributed by atoms with Crippen molar-refractivity contribution in [2.24, 2.45) is 0 Å². The van der Waals surface area contributed by atoms with Gasteiger partial charge in [0.1, 0.15) is 27.1 Å². The molecule has 0 spiro atoms. The second-order valence-corrected chi connectivity index (χ2v) is 3.91. The Hall–Kier alpha value is -1.73. The van der Waals surface area contributed by atoms with Gasteiger partial charge in [-0.3, -0.25) is 0 Å². The smallest absolute Gasteiger partial charge is 0.145 e. The van der Waals surface area contributed by atoms with Crippen molar-refractivity contribution in [2.45, 2.75) is 6.92 Å². The highest BCUT2D eigenvalue weighted by atomic mass is 32.1. The number of allylic oxidation sites excluding steroid dienone is 1. The van der Waals surface area contributed by atoms with Gasteiger partial charge in [0.15, 0.2) is 0 Å². The molecule has 0 saturated heterocycles. The first-order valence-corrected chi connectivity index (χ1v) is 4.86. The maximum absolute atomic E-state index is 8.67. The van der Waals surface area contributed by atoms with Crippen LogP contribution in [0.15, 0.2) is 18.7 Å². The topological polar surface area (TPSA) is 49.6 Å². The van der Waals surface area contributed by atoms with E-state index in [4.69, 9.17) is 5.26 Å². The minimum atomic E-state index is 0.425. The van der Waals surface area contributed by atoms with Crippen LogP contribution in [0.5, 0.6) is 0 Å². The molecule has 0 aliphatic heterocycles. The van der Waals surface area contributed by atoms with Crippen LogP contribution in [0.4, 0.5) is 0 Å². The minimum Gasteiger partial charge on any atom is -0.235 e. The summed E-state index contributed by atoms with van der Waals surface area (Å²) in [5.41, 5.74) is 2.17. The first-order valence-electron chi connectivity index (χ1n) is 4.04. The summed E-state index contributed by atoms with van der Waals surface area (Å²) in [4.78, 5) is 9.28. The number of rotatable bonds is 1. The third-order valence-corrected chi connectivity index (χ3v) is 2.86. The van der Waals surface area contributed by atoms with Crippen molar-refractivity contribution in [3.05, 3.63) is 29.4 Å². The number of nitriles is 1. The maximum atomic E-state index is 8.67. The van der Waals surface area contributed by atoms with Crippen LogP contribution in [-0.4, -0.2) is 9.97 Å². The summed E-state index contributed by atoms with van der Waals surface area (Å²) in [7, 11) is 0. The fourth-order valence-electron chi connectivity index (χ4n) is 1.06. The van der Waals surface area contributed by atoms with Gasteiger partial charge in [-0.15, -0.1) is 0 Å². The molecule has 2 aromatic rings. The summed E-state index contributed by atoms with van der Waals surface area (Å²) in [5.74, 6) is 0. The molecule has 2 rings (SSSR count). The first-order chi connectivity index (χ1) is 6.70. The molecule has 4 heteroatoms. The van der Waals surface area contributed by atoms with Gasteiger partial charge >= 0.3 is 0 Å². The Morgan fingerprint density at radius 3 is 2.93 bits per heavy atom. The molecule has 0 aromatic carbocycles. The Labute approximate surface area is 85.4 Å². The molecule has 2 heterocycles. The van der Waals surface area contributed by atoms with Crippen molar-refractivity contribution >= 4 is 27.3 Å². The Morgan fingerprint density at radius 1 is 1.50 bits per heavy atom. The third-order valence-electron chi connectivity index (χ3n) is 1.74. The van der Waals surface area contributed by atoms with Crippen molar-refractivity contribution in [1.82, 2.24) is 9.97 Å². The van der Waals surface area contributed by atoms with Crippen LogP contribution in [0.2, 0.25) is 0 Å². The van der Waals surface area contributed by atoms with E-state index in [1.165, 1.54) is 11.3 Å². The molecule has 3 nitrogen and oxygen atoms in total. The van der Waals surface area contributed by atoms with E-state index in [1.807, 2.05) is 19.1 Å². The number of pyridine rings is 1. The second-order valence-electron chi connectivity index (χ2n) is 2.93. The van der Waals surface area contributed by atoms with Crippen LogP contribution in [-0.2, 0) is 0 Å². The lowest BCUT2D eigenvalue weighted by Gasteiger charge is -1.85. The van der Waals surface area contributed by atoms with Crippen molar-refractivity contribution in [3.8, 4) is 6.07 Å². The molecule has 0 aliphatic carbocycles. The molecular weight excluding hydrogens is 194 g/mol. The van der Waals surface area contributed by atoms with Gasteiger partial charge in [-0.1, -0.05) is 17.9 Å². The molecule has 0 fully saturated rings. The summed E-state index contributed by atoms with van der Waals surface area (Å²) in [5, 5.41) is 9.54. The molecule has 0 N–H and O–H groups in total. The zero-order valence-corrected chi connectivity index (χ0v) is 8.43. The lowest BCUT2D eigenvalue weighted by Crippen LogP contribution is -1.79. The van der Waals surface area contributed by atoms with Crippen LogP contribution < -0.4 is 0 Å². The lowest BCUT2D eigenvalue weighted by molar-refractivity contribution is 1.32. The highest BCUT2D eigenvalue weighted by Gasteiger charge is 2.05. The molecule has 0 amide bonds. The number of thiazole rings is 1. The largest absolute Gasteiger partial charge is 0.235 e. The van der Waals surface area contributed by atoms with Crippen LogP contribution >= 0.6 is 11.3 Å². The highest BCUT2D eigenvalue weighted by molar-refractivity contribution is 7.19. The van der Waals surface area contributed by atoms with E-state index >= 15 is 0 Å². The molecule has 0 saturated carbocycles. The standard InChI is InChI=1S/C10H7N3S/c1-6(2)9-13-8-4-3-7(5-11)12-10(8)14-9/h3-4H,1H2,2H3. The Morgan fingerprint density at radius 2 is 2.29 bits per heavy atom. The van der Waals surface area contributed by atoms with Gasteiger partial charge in [0.25, 0.3) is 0 Å². The number of aromatic nitrogens is 2. The minimum absolute atomic E-state index is 0.425. The average molecular weight is 201 g/mol. The number of hydrogen-bond donors (Lipinski definition) is 0. The molecule has 68 valence electrons. The van der Waals surface area contributed by atoms with Crippen molar-refractivity contribution in [1.29, 1.82) is 5.26 Å². The monoisotopic (exact) mass is 201 g/mol. The Kier molecular flexibility index (Phi) is 2.02. The van der Waals surface area contributed by atoms with Crippen LogP contribution in [0.1, 0.15) is 17.6 Å². The van der Waals surface area contributed by atoms with E-state index in [9.17, 15) is 0 Å². The molecule has 0 atom stereocenters. The third kappa shape index (κ3) is 1.38. The van der Waals surface area contributed by atoms with Crippen LogP contribution in [0, 0.1) is 11.3 Å². The predicted octanol–water partition coefficient (Wildman–Crippen LogP) is 2.60. The van der Waals surface area contributed by atoms with Gasteiger partial charge in [-0.2, -0.15) is 5.26 Å². The Balaban J connectivity index is 2.67. The Bertz CT molecular complexity index is 548. The molecule has 0 radical (unpaired) electrons. The quantitative estimate of drug-likeness (QED) is 0.712. The van der Waals surface area contributed by atoms with E-state index in [-0.39, 0.29) is 0 Å². The number of nitrogens with zero attached hydrogens (tertiary/aromatic N) is 3. The van der Waals surface area contributed by atoms with Gasteiger partial charge in [-0.25, -0.2) is 9.97 Å². The molecular formula is C10H7N3S. The summed E-state index contributed by atoms with van der Waals surface area (Å²) in [6.45, 7) is 5.72. The van der Waals surface area contributed by atoms with E-state index in [0.717, 1.165) is 20.9 Å². The zero-order chi connectivity index (χ0) is 10.1. The average Bonchev–Trinajstić information content (AvgIpc) is 2.59. The normalized spacial score (nSPS) is 10.0. The molecule has 14 heavy (non-hydrogen) atoms. The van der Waals surface area contributed by atoms with Gasteiger partial charge in [-0.05, 0) is 24.6 Å². The maximum Gasteiger partial charge on any atom is 0.145 e. The fourth-order valence-corrected chi connectivity index (χ4v) is 1.93. The molecule has 0 bridgehead atoms. The van der Waals surface area contributed by atoms with Crippen molar-refractivity contribution in [3.63, 3.8) is 0 Å². The predicted molar refractivity (Wildman–Crippen MR) is 56.8 cm³/mol. The highest BCUT2D eigenvalue weighted by Crippen LogP contribution is 2.24. The van der Waals surface area contributed by atoms with Gasteiger partial charge < -0.3 is 0 Å². The molecule has 0 unspecified atom stereocenters. The summed E-state index contributed by atoms with van der Waals surface area (Å²) in [6.07, 6.45) is 0. The van der Waals surface area contributed by atoms with Crippen LogP contribution in [0.25, 0.3) is 15.9 Å². The van der Waals surface area contributed by atoms with Crippen molar-refractivity contribution in [2.75, 3.05) is 0 Å². The van der Waals surface area contributed by atoms with E-state index in [1.54, 1.807) is 6.07 Å². The molecule has 2 aromatic heterocycles. The van der Waals surface area contributed by atoms with Crippen molar-refractivity contribution < 1.29 is 0 Å². The summed E-state index contributed by atoms with van der Waals surface area (Å²) >= 11 is 1.46. The summed E-state index contributed by atoms with van der Waals surface area (Å²) in [6, 6.07) is 5.48. The number of fused-ring (bicyclic) bond motifs is 1. The van der Waals surface area contributed by atoms with Gasteiger partial charge in [0.05, 0.1) is 0 Å².